The fourth-order valence-electron chi connectivity index (χ4n) is 4.40. The number of thiocarbonyl (C=S) groups is 1. The highest BCUT2D eigenvalue weighted by molar-refractivity contribution is 7.80. The Balaban J connectivity index is 1.67. The quantitative estimate of drug-likeness (QED) is 0.307. The van der Waals surface area contributed by atoms with Crippen molar-refractivity contribution in [3.05, 3.63) is 106 Å². The van der Waals surface area contributed by atoms with Gasteiger partial charge in [0.2, 0.25) is 5.82 Å². The highest BCUT2D eigenvalue weighted by Crippen LogP contribution is 2.39. The van der Waals surface area contributed by atoms with Crippen LogP contribution < -0.4 is 10.2 Å². The fraction of sp³-hybridized carbons (Fsp3) is 0.207. The van der Waals surface area contributed by atoms with Gasteiger partial charge in [-0.05, 0) is 81.2 Å². The first kappa shape index (κ1) is 23.9. The number of hydrogen-bond acceptors (Lipinski definition) is 4. The molecule has 3 aromatic carbocycles. The maximum absolute atomic E-state index is 14.5. The van der Waals surface area contributed by atoms with Gasteiger partial charge in [0, 0.05) is 11.3 Å². The molecule has 1 unspecified atom stereocenters. The number of hydrogen-bond donors (Lipinski definition) is 1. The predicted octanol–water partition coefficient (Wildman–Crippen LogP) is 6.98. The van der Waals surface area contributed by atoms with Crippen LogP contribution in [-0.4, -0.2) is 15.3 Å². The van der Waals surface area contributed by atoms with Crippen molar-refractivity contribution in [2.24, 2.45) is 0 Å². The first-order valence-electron chi connectivity index (χ1n) is 11.8. The van der Waals surface area contributed by atoms with Crippen LogP contribution in [0.4, 0.5) is 10.1 Å². The fourth-order valence-corrected chi connectivity index (χ4v) is 4.76. The lowest BCUT2D eigenvalue weighted by atomic mass is 9.92. The minimum absolute atomic E-state index is 0.291. The van der Waals surface area contributed by atoms with Gasteiger partial charge < -0.3 is 9.84 Å². The number of rotatable bonds is 4. The maximum Gasteiger partial charge on any atom is 0.258 e. The van der Waals surface area contributed by atoms with Crippen molar-refractivity contribution in [3.63, 3.8) is 0 Å². The van der Waals surface area contributed by atoms with E-state index in [0.717, 1.165) is 28.0 Å². The standard InChI is InChI=1S/C29H27FN4OS/c1-16-6-10-21(11-7-16)27-32-28(35-33-27)25-20(5)34(23-13-9-18(3)24(30)15-23)29(36)31-26(25)22-12-8-17(2)19(4)14-22/h6-15,26H,1-5H3,(H,31,36). The lowest BCUT2D eigenvalue weighted by molar-refractivity contribution is 0.404. The topological polar surface area (TPSA) is 54.2 Å². The Morgan fingerprint density at radius 2 is 1.61 bits per heavy atom. The summed E-state index contributed by atoms with van der Waals surface area (Å²) in [7, 11) is 0. The molecule has 0 aliphatic carbocycles. The highest BCUT2D eigenvalue weighted by Gasteiger charge is 2.35. The first-order chi connectivity index (χ1) is 17.2. The van der Waals surface area contributed by atoms with Crippen LogP contribution in [0.1, 0.15) is 46.7 Å². The lowest BCUT2D eigenvalue weighted by Gasteiger charge is -2.37. The van der Waals surface area contributed by atoms with Crippen LogP contribution in [0.15, 0.2) is 70.9 Å². The van der Waals surface area contributed by atoms with Gasteiger partial charge in [0.25, 0.3) is 5.89 Å². The molecule has 5 rings (SSSR count). The smallest absolute Gasteiger partial charge is 0.258 e. The number of allylic oxidation sites excluding steroid dienone is 1. The molecule has 1 aromatic heterocycles. The molecule has 182 valence electrons. The molecule has 36 heavy (non-hydrogen) atoms. The van der Waals surface area contributed by atoms with Crippen molar-refractivity contribution in [2.75, 3.05) is 4.90 Å². The van der Waals surface area contributed by atoms with E-state index in [1.54, 1.807) is 13.0 Å². The van der Waals surface area contributed by atoms with E-state index < -0.39 is 0 Å². The Labute approximate surface area is 215 Å². The molecule has 1 aliphatic heterocycles. The normalized spacial score (nSPS) is 15.9. The highest BCUT2D eigenvalue weighted by atomic mass is 32.1. The van der Waals surface area contributed by atoms with E-state index in [2.05, 4.69) is 42.5 Å². The summed E-state index contributed by atoms with van der Waals surface area (Å²) in [4.78, 5) is 6.59. The summed E-state index contributed by atoms with van der Waals surface area (Å²) in [5, 5.41) is 8.19. The van der Waals surface area contributed by atoms with E-state index in [4.69, 9.17) is 21.7 Å². The molecule has 1 atom stereocenters. The summed E-state index contributed by atoms with van der Waals surface area (Å²) < 4.78 is 20.3. The molecule has 0 saturated heterocycles. The number of halogens is 1. The predicted molar refractivity (Wildman–Crippen MR) is 145 cm³/mol. The number of nitrogens with one attached hydrogen (secondary N) is 1. The number of aryl methyl sites for hydroxylation is 4. The van der Waals surface area contributed by atoms with Gasteiger partial charge >= 0.3 is 0 Å². The van der Waals surface area contributed by atoms with E-state index in [1.165, 1.54) is 17.2 Å². The Hall–Kier alpha value is -3.84. The molecule has 1 aliphatic rings. The molecule has 4 aromatic rings. The second kappa shape index (κ2) is 9.32. The van der Waals surface area contributed by atoms with Crippen molar-refractivity contribution in [1.82, 2.24) is 15.5 Å². The second-order valence-corrected chi connectivity index (χ2v) is 9.67. The maximum atomic E-state index is 14.5. The van der Waals surface area contributed by atoms with Gasteiger partial charge in [-0.25, -0.2) is 4.39 Å². The average Bonchev–Trinajstić information content (AvgIpc) is 3.33. The molecule has 0 fully saturated rings. The zero-order chi connectivity index (χ0) is 25.6. The van der Waals surface area contributed by atoms with Crippen molar-refractivity contribution in [2.45, 2.75) is 40.7 Å². The number of anilines is 1. The Kier molecular flexibility index (Phi) is 6.18. The number of aromatic nitrogens is 2. The number of nitrogens with zero attached hydrogens (tertiary/aromatic N) is 3. The number of benzene rings is 3. The molecule has 0 bridgehead atoms. The Bertz CT molecular complexity index is 1510. The summed E-state index contributed by atoms with van der Waals surface area (Å²) in [6.45, 7) is 9.89. The van der Waals surface area contributed by atoms with Gasteiger partial charge in [-0.2, -0.15) is 4.98 Å². The van der Waals surface area contributed by atoms with Gasteiger partial charge in [-0.3, -0.25) is 4.90 Å². The van der Waals surface area contributed by atoms with E-state index in [-0.39, 0.29) is 11.9 Å². The molecule has 1 N–H and O–H groups in total. The summed E-state index contributed by atoms with van der Waals surface area (Å²) in [6.07, 6.45) is 0. The van der Waals surface area contributed by atoms with Gasteiger partial charge in [-0.1, -0.05) is 59.3 Å². The molecule has 0 spiro atoms. The van der Waals surface area contributed by atoms with Crippen molar-refractivity contribution in [3.8, 4) is 11.4 Å². The van der Waals surface area contributed by atoms with Gasteiger partial charge in [-0.15, -0.1) is 0 Å². The van der Waals surface area contributed by atoms with Crippen LogP contribution in [-0.2, 0) is 0 Å². The molecular weight excluding hydrogens is 471 g/mol. The minimum atomic E-state index is -0.310. The van der Waals surface area contributed by atoms with Crippen LogP contribution in [0.25, 0.3) is 17.0 Å². The SMILES string of the molecule is CC1=C(c2nc(-c3ccc(C)cc3)no2)C(c2ccc(C)c(C)c2)NC(=S)N1c1ccc(C)c(F)c1. The Morgan fingerprint density at radius 1 is 0.889 bits per heavy atom. The molecule has 2 heterocycles. The van der Waals surface area contributed by atoms with Gasteiger partial charge in [0.05, 0.1) is 17.3 Å². The van der Waals surface area contributed by atoms with E-state index in [0.29, 0.717) is 28.1 Å². The second-order valence-electron chi connectivity index (χ2n) is 9.28. The minimum Gasteiger partial charge on any atom is -0.351 e. The summed E-state index contributed by atoms with van der Waals surface area (Å²) >= 11 is 5.79. The molecule has 0 amide bonds. The third-order valence-electron chi connectivity index (χ3n) is 6.73. The van der Waals surface area contributed by atoms with Crippen molar-refractivity contribution >= 4 is 28.6 Å². The third kappa shape index (κ3) is 4.31. The lowest BCUT2D eigenvalue weighted by Crippen LogP contribution is -2.46. The van der Waals surface area contributed by atoms with Crippen molar-refractivity contribution < 1.29 is 8.91 Å². The van der Waals surface area contributed by atoms with E-state index >= 15 is 0 Å². The molecular formula is C29H27FN4OS. The van der Waals surface area contributed by atoms with Crippen LogP contribution in [0, 0.1) is 33.5 Å². The van der Waals surface area contributed by atoms with E-state index in [9.17, 15) is 4.39 Å². The molecule has 0 radical (unpaired) electrons. The first-order valence-corrected chi connectivity index (χ1v) is 12.2. The van der Waals surface area contributed by atoms with E-state index in [1.807, 2.05) is 49.1 Å². The molecule has 7 heteroatoms. The zero-order valence-corrected chi connectivity index (χ0v) is 21.7. The summed E-state index contributed by atoms with van der Waals surface area (Å²) in [5.41, 5.74) is 8.21. The zero-order valence-electron chi connectivity index (χ0n) is 20.9. The van der Waals surface area contributed by atoms with Crippen molar-refractivity contribution in [1.29, 1.82) is 0 Å². The van der Waals surface area contributed by atoms with Gasteiger partial charge in [0.15, 0.2) is 5.11 Å². The molecule has 0 saturated carbocycles. The monoisotopic (exact) mass is 498 g/mol. The largest absolute Gasteiger partial charge is 0.351 e. The average molecular weight is 499 g/mol. The van der Waals surface area contributed by atoms with Gasteiger partial charge in [0.1, 0.15) is 5.82 Å². The Morgan fingerprint density at radius 3 is 2.31 bits per heavy atom. The summed E-state index contributed by atoms with van der Waals surface area (Å²) in [6, 6.07) is 19.1. The molecule has 5 nitrogen and oxygen atoms in total. The van der Waals surface area contributed by atoms with Crippen LogP contribution in [0.5, 0.6) is 0 Å². The third-order valence-corrected chi connectivity index (χ3v) is 7.03. The van der Waals surface area contributed by atoms with Crippen LogP contribution in [0.3, 0.4) is 0 Å². The van der Waals surface area contributed by atoms with Crippen LogP contribution in [0.2, 0.25) is 0 Å². The van der Waals surface area contributed by atoms with Crippen LogP contribution >= 0.6 is 12.2 Å². The summed E-state index contributed by atoms with van der Waals surface area (Å²) in [5.74, 6) is 0.601.